The number of amides is 1. The molecule has 0 N–H and O–H groups in total. The Bertz CT molecular complexity index is 322. The van der Waals surface area contributed by atoms with Gasteiger partial charge in [0.05, 0.1) is 13.0 Å². The second-order valence-corrected chi connectivity index (χ2v) is 4.01. The summed E-state index contributed by atoms with van der Waals surface area (Å²) in [4.78, 5) is 24.3. The number of halogens is 1. The van der Waals surface area contributed by atoms with Crippen molar-refractivity contribution in [2.45, 2.75) is 38.1 Å². The standard InChI is InChI=1S/C10H14FNO4/c1-2-15-8(13)10(11)6-7-4-3-5-12(7)9(14)16-10/h7H,2-6H2,1H3/t7-,10+/m0/s1. The molecule has 2 heterocycles. The van der Waals surface area contributed by atoms with E-state index in [9.17, 15) is 14.0 Å². The predicted octanol–water partition coefficient (Wildman–Crippen LogP) is 1.22. The topological polar surface area (TPSA) is 55.8 Å². The van der Waals surface area contributed by atoms with Gasteiger partial charge in [-0.05, 0) is 19.8 Å². The maximum absolute atomic E-state index is 14.1. The van der Waals surface area contributed by atoms with Crippen LogP contribution in [-0.2, 0) is 14.3 Å². The Morgan fingerprint density at radius 2 is 2.50 bits per heavy atom. The first-order chi connectivity index (χ1) is 7.57. The maximum Gasteiger partial charge on any atom is 0.413 e. The van der Waals surface area contributed by atoms with E-state index in [1.807, 2.05) is 0 Å². The first kappa shape index (κ1) is 11.2. The van der Waals surface area contributed by atoms with Gasteiger partial charge in [0.2, 0.25) is 0 Å². The van der Waals surface area contributed by atoms with Crippen LogP contribution in [0, 0.1) is 0 Å². The van der Waals surface area contributed by atoms with E-state index >= 15 is 0 Å². The molecule has 0 radical (unpaired) electrons. The SMILES string of the molecule is CCOC(=O)[C@@]1(F)C[C@@H]2CCCN2C(=O)O1. The van der Waals surface area contributed by atoms with Crippen LogP contribution in [0.2, 0.25) is 0 Å². The minimum absolute atomic E-state index is 0.0659. The first-order valence-corrected chi connectivity index (χ1v) is 5.42. The van der Waals surface area contributed by atoms with Crippen LogP contribution < -0.4 is 0 Å². The lowest BCUT2D eigenvalue weighted by atomic mass is 10.0. The lowest BCUT2D eigenvalue weighted by Crippen LogP contribution is -2.54. The Morgan fingerprint density at radius 1 is 1.75 bits per heavy atom. The quantitative estimate of drug-likeness (QED) is 0.670. The fourth-order valence-corrected chi connectivity index (χ4v) is 2.19. The number of hydrogen-bond donors (Lipinski definition) is 0. The summed E-state index contributed by atoms with van der Waals surface area (Å²) in [5.74, 6) is -3.70. The summed E-state index contributed by atoms with van der Waals surface area (Å²) in [6.07, 6.45) is 0.639. The van der Waals surface area contributed by atoms with Crippen LogP contribution in [0.5, 0.6) is 0 Å². The van der Waals surface area contributed by atoms with E-state index in [1.165, 1.54) is 4.90 Å². The maximum atomic E-state index is 14.1. The molecule has 1 amide bonds. The number of cyclic esters (lactones) is 1. The van der Waals surface area contributed by atoms with E-state index < -0.39 is 17.9 Å². The van der Waals surface area contributed by atoms with E-state index in [4.69, 9.17) is 0 Å². The molecule has 0 unspecified atom stereocenters. The second kappa shape index (κ2) is 3.92. The van der Waals surface area contributed by atoms with Crippen molar-refractivity contribution in [3.8, 4) is 0 Å². The van der Waals surface area contributed by atoms with Crippen molar-refractivity contribution < 1.29 is 23.5 Å². The summed E-state index contributed by atoms with van der Waals surface area (Å²) in [6, 6.07) is -0.240. The fraction of sp³-hybridized carbons (Fsp3) is 0.800. The van der Waals surface area contributed by atoms with Crippen LogP contribution in [-0.4, -0.2) is 42.0 Å². The number of carbonyl (C=O) groups excluding carboxylic acids is 2. The zero-order valence-electron chi connectivity index (χ0n) is 9.07. The number of fused-ring (bicyclic) bond motifs is 1. The third-order valence-electron chi connectivity index (χ3n) is 2.94. The van der Waals surface area contributed by atoms with E-state index in [0.717, 1.165) is 6.42 Å². The van der Waals surface area contributed by atoms with E-state index in [2.05, 4.69) is 9.47 Å². The Hall–Kier alpha value is -1.33. The summed E-state index contributed by atoms with van der Waals surface area (Å²) in [6.45, 7) is 2.21. The number of hydrogen-bond acceptors (Lipinski definition) is 4. The first-order valence-electron chi connectivity index (χ1n) is 5.42. The number of carbonyl (C=O) groups is 2. The molecule has 16 heavy (non-hydrogen) atoms. The van der Waals surface area contributed by atoms with Gasteiger partial charge in [-0.3, -0.25) is 0 Å². The normalized spacial score (nSPS) is 33.2. The molecule has 0 saturated carbocycles. The van der Waals surface area contributed by atoms with Crippen LogP contribution >= 0.6 is 0 Å². The van der Waals surface area contributed by atoms with Crippen molar-refractivity contribution in [2.24, 2.45) is 0 Å². The van der Waals surface area contributed by atoms with Gasteiger partial charge in [0.15, 0.2) is 0 Å². The van der Waals surface area contributed by atoms with E-state index in [0.29, 0.717) is 13.0 Å². The predicted molar refractivity (Wildman–Crippen MR) is 51.3 cm³/mol. The molecule has 2 atom stereocenters. The number of rotatable bonds is 2. The van der Waals surface area contributed by atoms with Gasteiger partial charge < -0.3 is 14.4 Å². The van der Waals surface area contributed by atoms with Gasteiger partial charge in [0, 0.05) is 12.6 Å². The Balaban J connectivity index is 2.12. The monoisotopic (exact) mass is 231 g/mol. The van der Waals surface area contributed by atoms with E-state index in [1.54, 1.807) is 6.92 Å². The molecule has 0 aromatic rings. The molecule has 2 aliphatic rings. The van der Waals surface area contributed by atoms with Gasteiger partial charge in [-0.2, -0.15) is 4.39 Å². The molecule has 2 fully saturated rings. The summed E-state index contributed by atoms with van der Waals surface area (Å²) >= 11 is 0. The third-order valence-corrected chi connectivity index (χ3v) is 2.94. The van der Waals surface area contributed by atoms with Crippen molar-refractivity contribution in [3.05, 3.63) is 0 Å². The molecule has 0 bridgehead atoms. The fourth-order valence-electron chi connectivity index (χ4n) is 2.19. The highest BCUT2D eigenvalue weighted by atomic mass is 19.2. The van der Waals surface area contributed by atoms with Crippen LogP contribution in [0.15, 0.2) is 0 Å². The van der Waals surface area contributed by atoms with Crippen molar-refractivity contribution in [1.29, 1.82) is 0 Å². The molecule has 0 aliphatic carbocycles. The van der Waals surface area contributed by atoms with Crippen LogP contribution in [0.3, 0.4) is 0 Å². The molecule has 6 heteroatoms. The molecule has 2 aliphatic heterocycles. The van der Waals surface area contributed by atoms with Gasteiger partial charge in [0.25, 0.3) is 0 Å². The van der Waals surface area contributed by atoms with Crippen molar-refractivity contribution in [2.75, 3.05) is 13.2 Å². The molecule has 0 aromatic carbocycles. The molecule has 90 valence electrons. The lowest BCUT2D eigenvalue weighted by Gasteiger charge is -2.36. The summed E-state index contributed by atoms with van der Waals surface area (Å²) in [7, 11) is 0. The summed E-state index contributed by atoms with van der Waals surface area (Å²) in [5, 5.41) is 0. The van der Waals surface area contributed by atoms with Crippen LogP contribution in [0.25, 0.3) is 0 Å². The number of alkyl halides is 1. The third kappa shape index (κ3) is 1.72. The average molecular weight is 231 g/mol. The Labute approximate surface area is 92.5 Å². The molecule has 2 rings (SSSR count). The largest absolute Gasteiger partial charge is 0.461 e. The van der Waals surface area contributed by atoms with Gasteiger partial charge >= 0.3 is 17.9 Å². The second-order valence-electron chi connectivity index (χ2n) is 4.01. The molecule has 0 spiro atoms. The summed E-state index contributed by atoms with van der Waals surface area (Å²) in [5.41, 5.74) is 0. The lowest BCUT2D eigenvalue weighted by molar-refractivity contribution is -0.199. The number of ether oxygens (including phenoxy) is 2. The Kier molecular flexibility index (Phi) is 2.73. The van der Waals surface area contributed by atoms with Crippen molar-refractivity contribution in [1.82, 2.24) is 4.90 Å². The highest BCUT2D eigenvalue weighted by molar-refractivity contribution is 5.83. The zero-order chi connectivity index (χ0) is 11.8. The van der Waals surface area contributed by atoms with Crippen LogP contribution in [0.4, 0.5) is 9.18 Å². The molecule has 2 saturated heterocycles. The molecular formula is C10H14FNO4. The van der Waals surface area contributed by atoms with Gasteiger partial charge in [-0.1, -0.05) is 0 Å². The highest BCUT2D eigenvalue weighted by Gasteiger charge is 2.53. The minimum Gasteiger partial charge on any atom is -0.461 e. The van der Waals surface area contributed by atoms with Gasteiger partial charge in [0.1, 0.15) is 0 Å². The molecule has 0 aromatic heterocycles. The van der Waals surface area contributed by atoms with Crippen molar-refractivity contribution in [3.63, 3.8) is 0 Å². The van der Waals surface area contributed by atoms with E-state index in [-0.39, 0.29) is 19.1 Å². The molecule has 5 nitrogen and oxygen atoms in total. The Morgan fingerprint density at radius 3 is 3.19 bits per heavy atom. The number of esters is 1. The van der Waals surface area contributed by atoms with Crippen LogP contribution in [0.1, 0.15) is 26.2 Å². The zero-order valence-corrected chi connectivity index (χ0v) is 9.07. The highest BCUT2D eigenvalue weighted by Crippen LogP contribution is 2.35. The van der Waals surface area contributed by atoms with Crippen molar-refractivity contribution >= 4 is 12.1 Å². The number of nitrogens with zero attached hydrogens (tertiary/aromatic N) is 1. The van der Waals surface area contributed by atoms with Gasteiger partial charge in [-0.25, -0.2) is 9.59 Å². The minimum atomic E-state index is -2.60. The van der Waals surface area contributed by atoms with Gasteiger partial charge in [-0.15, -0.1) is 0 Å². The molecular weight excluding hydrogens is 217 g/mol. The summed E-state index contributed by atoms with van der Waals surface area (Å²) < 4.78 is 23.2. The smallest absolute Gasteiger partial charge is 0.413 e. The average Bonchev–Trinajstić information content (AvgIpc) is 2.66.